The third kappa shape index (κ3) is 5.01. The number of nitrogens with one attached hydrogen (secondary N) is 1. The lowest BCUT2D eigenvalue weighted by Crippen LogP contribution is -2.43. The Balaban J connectivity index is 2.42. The van der Waals surface area contributed by atoms with Gasteiger partial charge in [0.15, 0.2) is 0 Å². The molecule has 1 rings (SSSR count). The van der Waals surface area contributed by atoms with E-state index in [0.29, 0.717) is 6.04 Å². The summed E-state index contributed by atoms with van der Waals surface area (Å²) >= 11 is 0. The Morgan fingerprint density at radius 1 is 1.44 bits per heavy atom. The van der Waals surface area contributed by atoms with Crippen LogP contribution in [0.3, 0.4) is 0 Å². The second kappa shape index (κ2) is 7.70. The second-order valence-corrected chi connectivity index (χ2v) is 4.83. The van der Waals surface area contributed by atoms with Crippen molar-refractivity contribution in [2.75, 3.05) is 26.2 Å². The molecule has 1 aliphatic rings. The van der Waals surface area contributed by atoms with Gasteiger partial charge in [-0.3, -0.25) is 4.90 Å². The summed E-state index contributed by atoms with van der Waals surface area (Å²) in [5.74, 6) is 3.74. The molecule has 2 heteroatoms. The number of nitrogens with zero attached hydrogens (tertiary/aromatic N) is 1. The molecule has 0 spiro atoms. The molecule has 1 unspecified atom stereocenters. The summed E-state index contributed by atoms with van der Waals surface area (Å²) in [6, 6.07) is 0.626. The van der Waals surface area contributed by atoms with Gasteiger partial charge in [0.25, 0.3) is 0 Å². The molecular weight excluding hydrogens is 196 g/mol. The fourth-order valence-electron chi connectivity index (χ4n) is 2.15. The smallest absolute Gasteiger partial charge is 0.0601 e. The van der Waals surface area contributed by atoms with E-state index in [1.807, 2.05) is 0 Å². The normalized spacial score (nSPS) is 17.4. The van der Waals surface area contributed by atoms with Gasteiger partial charge in [-0.05, 0) is 31.7 Å². The largest absolute Gasteiger partial charge is 0.315 e. The van der Waals surface area contributed by atoms with Gasteiger partial charge in [-0.1, -0.05) is 26.2 Å². The van der Waals surface area contributed by atoms with E-state index >= 15 is 0 Å². The number of rotatable bonds is 9. The van der Waals surface area contributed by atoms with Gasteiger partial charge in [-0.15, -0.1) is 6.42 Å². The van der Waals surface area contributed by atoms with Crippen molar-refractivity contribution in [2.45, 2.75) is 45.6 Å². The minimum absolute atomic E-state index is 0.626. The van der Waals surface area contributed by atoms with Crippen molar-refractivity contribution in [3.05, 3.63) is 0 Å². The van der Waals surface area contributed by atoms with Gasteiger partial charge < -0.3 is 5.32 Å². The zero-order valence-corrected chi connectivity index (χ0v) is 10.8. The van der Waals surface area contributed by atoms with Crippen molar-refractivity contribution in [1.29, 1.82) is 0 Å². The Bertz CT molecular complexity index is 215. The van der Waals surface area contributed by atoms with Crippen LogP contribution in [0.5, 0.6) is 0 Å². The molecular formula is C14H26N2. The fourth-order valence-corrected chi connectivity index (χ4v) is 2.15. The summed E-state index contributed by atoms with van der Waals surface area (Å²) in [5.41, 5.74) is 0. The molecule has 0 aromatic carbocycles. The summed E-state index contributed by atoms with van der Waals surface area (Å²) in [5, 5.41) is 3.46. The second-order valence-electron chi connectivity index (χ2n) is 4.83. The molecule has 1 fully saturated rings. The minimum atomic E-state index is 0.626. The first-order valence-electron chi connectivity index (χ1n) is 6.70. The van der Waals surface area contributed by atoms with Gasteiger partial charge in [-0.2, -0.15) is 0 Å². The van der Waals surface area contributed by atoms with Crippen molar-refractivity contribution in [2.24, 2.45) is 5.92 Å². The Morgan fingerprint density at radius 3 is 2.69 bits per heavy atom. The molecule has 1 saturated carbocycles. The maximum atomic E-state index is 5.48. The predicted molar refractivity (Wildman–Crippen MR) is 70.4 cm³/mol. The van der Waals surface area contributed by atoms with Crippen LogP contribution >= 0.6 is 0 Å². The monoisotopic (exact) mass is 222 g/mol. The van der Waals surface area contributed by atoms with Gasteiger partial charge in [0.1, 0.15) is 0 Å². The first kappa shape index (κ1) is 13.5. The minimum Gasteiger partial charge on any atom is -0.315 e. The van der Waals surface area contributed by atoms with Crippen LogP contribution in [0, 0.1) is 18.3 Å². The van der Waals surface area contributed by atoms with Crippen LogP contribution in [0.15, 0.2) is 0 Å². The third-order valence-corrected chi connectivity index (χ3v) is 3.25. The van der Waals surface area contributed by atoms with Crippen molar-refractivity contribution in [3.63, 3.8) is 0 Å². The average Bonchev–Trinajstić information content (AvgIpc) is 3.07. The molecule has 0 aromatic rings. The van der Waals surface area contributed by atoms with Crippen LogP contribution < -0.4 is 5.32 Å². The van der Waals surface area contributed by atoms with Crippen LogP contribution in [-0.4, -0.2) is 37.1 Å². The number of likely N-dealkylation sites (N-methyl/N-ethyl adjacent to an activating group) is 1. The van der Waals surface area contributed by atoms with E-state index < -0.39 is 0 Å². The first-order chi connectivity index (χ1) is 7.81. The lowest BCUT2D eigenvalue weighted by atomic mass is 10.1. The van der Waals surface area contributed by atoms with Gasteiger partial charge in [0, 0.05) is 19.1 Å². The highest BCUT2D eigenvalue weighted by atomic mass is 15.2. The van der Waals surface area contributed by atoms with Crippen LogP contribution in [0.1, 0.15) is 39.5 Å². The fraction of sp³-hybridized carbons (Fsp3) is 0.857. The standard InChI is InChI=1S/C14H26N2/c1-4-7-14(11-15-6-3)16(10-5-2)12-13-8-9-13/h2,13-15H,4,6-12H2,1,3H3. The van der Waals surface area contributed by atoms with E-state index in [4.69, 9.17) is 6.42 Å². The highest BCUT2D eigenvalue weighted by Gasteiger charge is 2.27. The number of hydrogen-bond acceptors (Lipinski definition) is 2. The van der Waals surface area contributed by atoms with E-state index in [0.717, 1.165) is 25.6 Å². The Hall–Kier alpha value is -0.520. The maximum absolute atomic E-state index is 5.48. The Labute approximate surface area is 101 Å². The molecule has 2 nitrogen and oxygen atoms in total. The molecule has 1 aliphatic carbocycles. The molecule has 0 saturated heterocycles. The molecule has 0 radical (unpaired) electrons. The summed E-state index contributed by atoms with van der Waals surface area (Å²) in [7, 11) is 0. The summed E-state index contributed by atoms with van der Waals surface area (Å²) in [6.45, 7) is 8.57. The predicted octanol–water partition coefficient (Wildman–Crippen LogP) is 2.11. The lowest BCUT2D eigenvalue weighted by molar-refractivity contribution is 0.196. The molecule has 0 aromatic heterocycles. The first-order valence-corrected chi connectivity index (χ1v) is 6.70. The van der Waals surface area contributed by atoms with Crippen LogP contribution in [0.4, 0.5) is 0 Å². The molecule has 0 amide bonds. The van der Waals surface area contributed by atoms with E-state index in [1.54, 1.807) is 0 Å². The maximum Gasteiger partial charge on any atom is 0.0601 e. The molecule has 16 heavy (non-hydrogen) atoms. The highest BCUT2D eigenvalue weighted by molar-refractivity contribution is 4.93. The Morgan fingerprint density at radius 2 is 2.19 bits per heavy atom. The van der Waals surface area contributed by atoms with Crippen molar-refractivity contribution in [3.8, 4) is 12.3 Å². The van der Waals surface area contributed by atoms with Gasteiger partial charge in [0.2, 0.25) is 0 Å². The van der Waals surface area contributed by atoms with E-state index in [1.165, 1.54) is 32.2 Å². The molecule has 0 heterocycles. The SMILES string of the molecule is C#CCN(CC1CC1)C(CCC)CNCC. The zero-order valence-electron chi connectivity index (χ0n) is 10.8. The van der Waals surface area contributed by atoms with Gasteiger partial charge in [-0.25, -0.2) is 0 Å². The van der Waals surface area contributed by atoms with Gasteiger partial charge >= 0.3 is 0 Å². The molecule has 1 atom stereocenters. The van der Waals surface area contributed by atoms with Crippen molar-refractivity contribution >= 4 is 0 Å². The van der Waals surface area contributed by atoms with Crippen LogP contribution in [0.2, 0.25) is 0 Å². The average molecular weight is 222 g/mol. The van der Waals surface area contributed by atoms with Crippen molar-refractivity contribution < 1.29 is 0 Å². The zero-order chi connectivity index (χ0) is 11.8. The van der Waals surface area contributed by atoms with Crippen LogP contribution in [0.25, 0.3) is 0 Å². The molecule has 0 bridgehead atoms. The summed E-state index contributed by atoms with van der Waals surface area (Å²) < 4.78 is 0. The molecule has 92 valence electrons. The van der Waals surface area contributed by atoms with E-state index in [-0.39, 0.29) is 0 Å². The van der Waals surface area contributed by atoms with E-state index in [9.17, 15) is 0 Å². The van der Waals surface area contributed by atoms with Gasteiger partial charge in [0.05, 0.1) is 6.54 Å². The summed E-state index contributed by atoms with van der Waals surface area (Å²) in [6.07, 6.45) is 10.8. The topological polar surface area (TPSA) is 15.3 Å². The lowest BCUT2D eigenvalue weighted by Gasteiger charge is -2.30. The molecule has 0 aliphatic heterocycles. The Kier molecular flexibility index (Phi) is 6.52. The third-order valence-electron chi connectivity index (χ3n) is 3.25. The number of terminal acetylenes is 1. The van der Waals surface area contributed by atoms with Crippen LogP contribution in [-0.2, 0) is 0 Å². The number of hydrogen-bond donors (Lipinski definition) is 1. The quantitative estimate of drug-likeness (QED) is 0.601. The highest BCUT2D eigenvalue weighted by Crippen LogP contribution is 2.30. The van der Waals surface area contributed by atoms with E-state index in [2.05, 4.69) is 30.0 Å². The van der Waals surface area contributed by atoms with Crippen molar-refractivity contribution in [1.82, 2.24) is 10.2 Å². The molecule has 1 N–H and O–H groups in total. The summed E-state index contributed by atoms with van der Waals surface area (Å²) in [4.78, 5) is 2.50.